The van der Waals surface area contributed by atoms with E-state index in [1.165, 1.54) is 6.26 Å². The Hall–Kier alpha value is -0.500. The van der Waals surface area contributed by atoms with E-state index >= 15 is 0 Å². The smallest absolute Gasteiger partial charge is 0.149 e. The van der Waals surface area contributed by atoms with Gasteiger partial charge in [-0.3, -0.25) is 16.3 Å². The molecule has 1 aromatic heterocycles. The Balaban J connectivity index is 2.67. The first-order valence-corrected chi connectivity index (χ1v) is 7.50. The molecule has 0 aliphatic rings. The van der Waals surface area contributed by atoms with Gasteiger partial charge in [-0.15, -0.1) is 0 Å². The van der Waals surface area contributed by atoms with Gasteiger partial charge in [-0.25, -0.2) is 8.42 Å². The molecular weight excluding hydrogens is 294 g/mol. The molecule has 0 aliphatic carbocycles. The Morgan fingerprint density at radius 3 is 2.69 bits per heavy atom. The summed E-state index contributed by atoms with van der Waals surface area (Å²) < 4.78 is 23.1. The number of nitrogens with one attached hydrogen (secondary N) is 1. The van der Waals surface area contributed by atoms with Crippen LogP contribution in [0.15, 0.2) is 22.8 Å². The van der Waals surface area contributed by atoms with Crippen LogP contribution in [-0.4, -0.2) is 31.5 Å². The number of hydrazine groups is 1. The summed E-state index contributed by atoms with van der Waals surface area (Å²) in [5.74, 6) is 5.31. The summed E-state index contributed by atoms with van der Waals surface area (Å²) in [5, 5.41) is 0. The topological polar surface area (TPSA) is 85.1 Å². The normalized spacial score (nSPS) is 13.7. The zero-order valence-electron chi connectivity index (χ0n) is 8.85. The highest BCUT2D eigenvalue weighted by Gasteiger charge is 2.14. The van der Waals surface area contributed by atoms with Crippen LogP contribution in [0, 0.1) is 0 Å². The SMILES string of the molecule is CS(=O)(=O)CC(Cc1ccc(Br)cn1)NN. The molecule has 0 fully saturated rings. The van der Waals surface area contributed by atoms with Gasteiger partial charge in [-0.1, -0.05) is 0 Å². The van der Waals surface area contributed by atoms with Crippen LogP contribution in [0.25, 0.3) is 0 Å². The first-order chi connectivity index (χ1) is 7.40. The summed E-state index contributed by atoms with van der Waals surface area (Å²) in [4.78, 5) is 4.16. The first kappa shape index (κ1) is 13.6. The summed E-state index contributed by atoms with van der Waals surface area (Å²) in [7, 11) is -3.04. The number of hydrogen-bond acceptors (Lipinski definition) is 5. The average Bonchev–Trinajstić information content (AvgIpc) is 2.18. The second kappa shape index (κ2) is 5.72. The molecule has 1 rings (SSSR count). The number of pyridine rings is 1. The van der Waals surface area contributed by atoms with Crippen molar-refractivity contribution in [3.63, 3.8) is 0 Å². The summed E-state index contributed by atoms with van der Waals surface area (Å²) >= 11 is 3.28. The van der Waals surface area contributed by atoms with E-state index in [0.717, 1.165) is 10.2 Å². The van der Waals surface area contributed by atoms with E-state index in [0.29, 0.717) is 6.42 Å². The molecule has 0 bridgehead atoms. The molecule has 0 aromatic carbocycles. The van der Waals surface area contributed by atoms with Crippen LogP contribution >= 0.6 is 15.9 Å². The highest BCUT2D eigenvalue weighted by Crippen LogP contribution is 2.09. The fourth-order valence-electron chi connectivity index (χ4n) is 1.31. The van der Waals surface area contributed by atoms with Crippen molar-refractivity contribution in [1.82, 2.24) is 10.4 Å². The van der Waals surface area contributed by atoms with Crippen LogP contribution in [0.4, 0.5) is 0 Å². The van der Waals surface area contributed by atoms with Crippen molar-refractivity contribution in [3.8, 4) is 0 Å². The fraction of sp³-hybridized carbons (Fsp3) is 0.444. The second-order valence-electron chi connectivity index (χ2n) is 3.63. The Morgan fingerprint density at radius 1 is 1.56 bits per heavy atom. The van der Waals surface area contributed by atoms with Gasteiger partial charge >= 0.3 is 0 Å². The predicted molar refractivity (Wildman–Crippen MR) is 66.5 cm³/mol. The lowest BCUT2D eigenvalue weighted by Gasteiger charge is -2.13. The lowest BCUT2D eigenvalue weighted by Crippen LogP contribution is -2.41. The van der Waals surface area contributed by atoms with E-state index in [-0.39, 0.29) is 11.8 Å². The lowest BCUT2D eigenvalue weighted by atomic mass is 10.2. The predicted octanol–water partition coefficient (Wildman–Crippen LogP) is 0.263. The Morgan fingerprint density at radius 2 is 2.25 bits per heavy atom. The lowest BCUT2D eigenvalue weighted by molar-refractivity contribution is 0.542. The number of nitrogens with two attached hydrogens (primary N) is 1. The molecular formula is C9H14BrN3O2S. The van der Waals surface area contributed by atoms with Gasteiger partial charge in [0.15, 0.2) is 0 Å². The minimum Gasteiger partial charge on any atom is -0.271 e. The van der Waals surface area contributed by atoms with Crippen LogP contribution in [0.5, 0.6) is 0 Å². The van der Waals surface area contributed by atoms with E-state index < -0.39 is 9.84 Å². The highest BCUT2D eigenvalue weighted by atomic mass is 79.9. The molecule has 0 spiro atoms. The van der Waals surface area contributed by atoms with Crippen molar-refractivity contribution < 1.29 is 8.42 Å². The van der Waals surface area contributed by atoms with Crippen molar-refractivity contribution in [2.24, 2.45) is 5.84 Å². The van der Waals surface area contributed by atoms with E-state index in [4.69, 9.17) is 5.84 Å². The summed E-state index contributed by atoms with van der Waals surface area (Å²) in [5.41, 5.74) is 3.29. The van der Waals surface area contributed by atoms with Gasteiger partial charge in [0.05, 0.1) is 5.75 Å². The molecule has 3 N–H and O–H groups in total. The summed E-state index contributed by atoms with van der Waals surface area (Å²) in [6.07, 6.45) is 3.34. The van der Waals surface area contributed by atoms with Crippen LogP contribution < -0.4 is 11.3 Å². The van der Waals surface area contributed by atoms with E-state index in [2.05, 4.69) is 26.3 Å². The van der Waals surface area contributed by atoms with Crippen LogP contribution in [0.3, 0.4) is 0 Å². The van der Waals surface area contributed by atoms with Crippen LogP contribution in [0.2, 0.25) is 0 Å². The third-order valence-electron chi connectivity index (χ3n) is 1.98. The number of sulfone groups is 1. The third kappa shape index (κ3) is 5.02. The van der Waals surface area contributed by atoms with Crippen molar-refractivity contribution in [3.05, 3.63) is 28.5 Å². The van der Waals surface area contributed by atoms with Gasteiger partial charge < -0.3 is 0 Å². The van der Waals surface area contributed by atoms with Gasteiger partial charge in [0.25, 0.3) is 0 Å². The number of hydrogen-bond donors (Lipinski definition) is 2. The minimum atomic E-state index is -3.04. The molecule has 0 amide bonds. The van der Waals surface area contributed by atoms with Crippen molar-refractivity contribution in [2.75, 3.05) is 12.0 Å². The molecule has 16 heavy (non-hydrogen) atoms. The third-order valence-corrected chi connectivity index (χ3v) is 3.46. The largest absolute Gasteiger partial charge is 0.271 e. The Labute approximate surface area is 103 Å². The molecule has 1 unspecified atom stereocenters. The number of aromatic nitrogens is 1. The van der Waals surface area contributed by atoms with E-state index in [1.807, 2.05) is 12.1 Å². The second-order valence-corrected chi connectivity index (χ2v) is 6.73. The molecule has 0 radical (unpaired) electrons. The van der Waals surface area contributed by atoms with Crippen molar-refractivity contribution in [1.29, 1.82) is 0 Å². The Kier molecular flexibility index (Phi) is 4.85. The van der Waals surface area contributed by atoms with Gasteiger partial charge in [0.1, 0.15) is 9.84 Å². The zero-order valence-corrected chi connectivity index (χ0v) is 11.3. The molecule has 0 saturated carbocycles. The maximum absolute atomic E-state index is 11.1. The maximum atomic E-state index is 11.1. The van der Waals surface area contributed by atoms with Gasteiger partial charge in [-0.05, 0) is 28.1 Å². The van der Waals surface area contributed by atoms with Crippen molar-refractivity contribution >= 4 is 25.8 Å². The molecule has 5 nitrogen and oxygen atoms in total. The summed E-state index contributed by atoms with van der Waals surface area (Å²) in [6, 6.07) is 3.37. The number of nitrogens with zero attached hydrogens (tertiary/aromatic N) is 1. The maximum Gasteiger partial charge on any atom is 0.149 e. The quantitative estimate of drug-likeness (QED) is 0.602. The standard InChI is InChI=1S/C9H14BrN3O2S/c1-16(14,15)6-9(13-11)4-8-3-2-7(10)5-12-8/h2-3,5,9,13H,4,6,11H2,1H3. The van der Waals surface area contributed by atoms with Gasteiger partial charge in [-0.2, -0.15) is 0 Å². The zero-order chi connectivity index (χ0) is 12.2. The molecule has 1 aromatic rings. The molecule has 1 atom stereocenters. The molecule has 0 saturated heterocycles. The van der Waals surface area contributed by atoms with Crippen LogP contribution in [0.1, 0.15) is 5.69 Å². The number of halogens is 1. The van der Waals surface area contributed by atoms with E-state index in [1.54, 1.807) is 6.20 Å². The molecule has 7 heteroatoms. The molecule has 90 valence electrons. The monoisotopic (exact) mass is 307 g/mol. The van der Waals surface area contributed by atoms with Crippen molar-refractivity contribution in [2.45, 2.75) is 12.5 Å². The molecule has 0 aliphatic heterocycles. The number of rotatable bonds is 5. The Bertz CT molecular complexity index is 433. The molecule has 1 heterocycles. The van der Waals surface area contributed by atoms with Gasteiger partial charge in [0, 0.05) is 35.1 Å². The van der Waals surface area contributed by atoms with Gasteiger partial charge in [0.2, 0.25) is 0 Å². The van der Waals surface area contributed by atoms with Crippen LogP contribution in [-0.2, 0) is 16.3 Å². The fourth-order valence-corrected chi connectivity index (χ4v) is 2.49. The highest BCUT2D eigenvalue weighted by molar-refractivity contribution is 9.10. The van der Waals surface area contributed by atoms with E-state index in [9.17, 15) is 8.42 Å². The average molecular weight is 308 g/mol. The minimum absolute atomic E-state index is 0.00123. The first-order valence-electron chi connectivity index (χ1n) is 4.65. The summed E-state index contributed by atoms with van der Waals surface area (Å²) in [6.45, 7) is 0.